The van der Waals surface area contributed by atoms with Gasteiger partial charge in [-0.15, -0.1) is 0 Å². The molecule has 5 nitrogen and oxygen atoms in total. The maximum Gasteiger partial charge on any atom is 0.185 e. The topological polar surface area (TPSA) is 59.8 Å². The molecular formula is C9H10N4O. The molecule has 72 valence electrons. The molecule has 0 spiro atoms. The lowest BCUT2D eigenvalue weighted by Crippen LogP contribution is -1.96. The summed E-state index contributed by atoms with van der Waals surface area (Å²) < 4.78 is 1.67. The van der Waals surface area contributed by atoms with Gasteiger partial charge < -0.3 is 9.88 Å². The predicted octanol–water partition coefficient (Wildman–Crippen LogP) is 0.822. The van der Waals surface area contributed by atoms with Gasteiger partial charge in [0.1, 0.15) is 5.52 Å². The van der Waals surface area contributed by atoms with E-state index in [0.29, 0.717) is 11.5 Å². The van der Waals surface area contributed by atoms with Gasteiger partial charge in [0.05, 0.1) is 5.69 Å². The van der Waals surface area contributed by atoms with Crippen molar-refractivity contribution in [1.29, 1.82) is 0 Å². The largest absolute Gasteiger partial charge is 0.386 e. The molecule has 1 N–H and O–H groups in total. The molecule has 14 heavy (non-hydrogen) atoms. The van der Waals surface area contributed by atoms with E-state index >= 15 is 0 Å². The Bertz CT molecular complexity index is 489. The highest BCUT2D eigenvalue weighted by molar-refractivity contribution is 5.89. The smallest absolute Gasteiger partial charge is 0.185 e. The van der Waals surface area contributed by atoms with Crippen LogP contribution in [0.4, 0.5) is 5.69 Å². The van der Waals surface area contributed by atoms with Gasteiger partial charge in [0, 0.05) is 20.3 Å². The number of pyridine rings is 1. The van der Waals surface area contributed by atoms with Crippen molar-refractivity contribution >= 4 is 23.1 Å². The van der Waals surface area contributed by atoms with Crippen molar-refractivity contribution in [1.82, 2.24) is 14.5 Å². The molecule has 0 amide bonds. The molecule has 0 atom stereocenters. The third-order valence-corrected chi connectivity index (χ3v) is 2.17. The van der Waals surface area contributed by atoms with E-state index in [0.717, 1.165) is 17.5 Å². The molecule has 0 aliphatic heterocycles. The normalized spacial score (nSPS) is 10.4. The maximum atomic E-state index is 10.7. The van der Waals surface area contributed by atoms with Gasteiger partial charge >= 0.3 is 0 Å². The molecule has 2 rings (SSSR count). The van der Waals surface area contributed by atoms with Crippen LogP contribution in [0, 0.1) is 0 Å². The quantitative estimate of drug-likeness (QED) is 0.712. The number of nitrogens with zero attached hydrogens (tertiary/aromatic N) is 3. The summed E-state index contributed by atoms with van der Waals surface area (Å²) in [7, 11) is 3.58. The minimum atomic E-state index is 0.384. The second-order valence-electron chi connectivity index (χ2n) is 2.93. The molecule has 0 aromatic carbocycles. The standard InChI is InChI=1S/C9H10N4O/c1-10-6-3-4-11-9-8(6)12-7(5-14)13(9)2/h3-5H,1-2H3,(H,10,11). The van der Waals surface area contributed by atoms with Crippen molar-refractivity contribution < 1.29 is 4.79 Å². The third-order valence-electron chi connectivity index (χ3n) is 2.17. The van der Waals surface area contributed by atoms with E-state index in [4.69, 9.17) is 0 Å². The number of rotatable bonds is 2. The average Bonchev–Trinajstić information content (AvgIpc) is 2.55. The van der Waals surface area contributed by atoms with Gasteiger partial charge in [0.15, 0.2) is 17.8 Å². The van der Waals surface area contributed by atoms with Crippen LogP contribution in [-0.4, -0.2) is 27.9 Å². The summed E-state index contributed by atoms with van der Waals surface area (Å²) >= 11 is 0. The first kappa shape index (κ1) is 8.68. The Morgan fingerprint density at radius 3 is 3.00 bits per heavy atom. The van der Waals surface area contributed by atoms with Crippen LogP contribution >= 0.6 is 0 Å². The fourth-order valence-corrected chi connectivity index (χ4v) is 1.40. The fraction of sp³-hybridized carbons (Fsp3) is 0.222. The van der Waals surface area contributed by atoms with Crippen molar-refractivity contribution in [2.24, 2.45) is 7.05 Å². The van der Waals surface area contributed by atoms with Gasteiger partial charge in [-0.1, -0.05) is 0 Å². The summed E-state index contributed by atoms with van der Waals surface area (Å²) in [5.74, 6) is 0.384. The molecule has 2 aromatic heterocycles. The summed E-state index contributed by atoms with van der Waals surface area (Å²) in [6.07, 6.45) is 2.41. The van der Waals surface area contributed by atoms with Crippen molar-refractivity contribution in [3.8, 4) is 0 Å². The average molecular weight is 190 g/mol. The van der Waals surface area contributed by atoms with Gasteiger partial charge in [-0.05, 0) is 6.07 Å². The van der Waals surface area contributed by atoms with Crippen LogP contribution in [0.15, 0.2) is 12.3 Å². The number of hydrogen-bond donors (Lipinski definition) is 1. The Morgan fingerprint density at radius 2 is 2.36 bits per heavy atom. The second kappa shape index (κ2) is 3.10. The van der Waals surface area contributed by atoms with Crippen LogP contribution in [0.2, 0.25) is 0 Å². The summed E-state index contributed by atoms with van der Waals surface area (Å²) in [6.45, 7) is 0. The SMILES string of the molecule is CNc1ccnc2c1nc(C=O)n2C. The Kier molecular flexibility index (Phi) is 1.92. The first-order chi connectivity index (χ1) is 6.77. The molecule has 0 saturated heterocycles. The van der Waals surface area contributed by atoms with Gasteiger partial charge in [0.2, 0.25) is 0 Å². The van der Waals surface area contributed by atoms with Gasteiger partial charge in [-0.3, -0.25) is 4.79 Å². The van der Waals surface area contributed by atoms with Crippen molar-refractivity contribution in [2.45, 2.75) is 0 Å². The Balaban J connectivity index is 2.83. The van der Waals surface area contributed by atoms with Crippen LogP contribution in [0.5, 0.6) is 0 Å². The summed E-state index contributed by atoms with van der Waals surface area (Å²) in [4.78, 5) is 19.0. The van der Waals surface area contributed by atoms with Crippen LogP contribution in [0.1, 0.15) is 10.6 Å². The van der Waals surface area contributed by atoms with Crippen LogP contribution in [-0.2, 0) is 7.05 Å². The number of carbonyl (C=O) groups excluding carboxylic acids is 1. The fourth-order valence-electron chi connectivity index (χ4n) is 1.40. The Labute approximate surface area is 80.8 Å². The number of aromatic nitrogens is 3. The molecule has 0 bridgehead atoms. The van der Waals surface area contributed by atoms with E-state index in [1.54, 1.807) is 17.8 Å². The first-order valence-corrected chi connectivity index (χ1v) is 4.22. The van der Waals surface area contributed by atoms with Crippen molar-refractivity contribution in [3.05, 3.63) is 18.1 Å². The number of nitrogens with one attached hydrogen (secondary N) is 1. The monoisotopic (exact) mass is 190 g/mol. The minimum absolute atomic E-state index is 0.384. The molecule has 0 radical (unpaired) electrons. The molecule has 2 aromatic rings. The van der Waals surface area contributed by atoms with E-state index in [2.05, 4.69) is 15.3 Å². The van der Waals surface area contributed by atoms with E-state index in [-0.39, 0.29) is 0 Å². The predicted molar refractivity (Wildman–Crippen MR) is 53.4 cm³/mol. The molecule has 2 heterocycles. The lowest BCUT2D eigenvalue weighted by atomic mass is 10.3. The summed E-state index contributed by atoms with van der Waals surface area (Å²) in [5.41, 5.74) is 2.30. The first-order valence-electron chi connectivity index (χ1n) is 4.22. The number of aryl methyl sites for hydroxylation is 1. The number of aldehydes is 1. The Hall–Kier alpha value is -1.91. The number of carbonyl (C=O) groups is 1. The van der Waals surface area contributed by atoms with Gasteiger partial charge in [-0.25, -0.2) is 9.97 Å². The molecule has 0 unspecified atom stereocenters. The van der Waals surface area contributed by atoms with Crippen molar-refractivity contribution in [3.63, 3.8) is 0 Å². The highest BCUT2D eigenvalue weighted by Crippen LogP contribution is 2.19. The number of anilines is 1. The molecule has 5 heteroatoms. The zero-order valence-electron chi connectivity index (χ0n) is 7.98. The number of fused-ring (bicyclic) bond motifs is 1. The molecule has 0 aliphatic carbocycles. The highest BCUT2D eigenvalue weighted by atomic mass is 16.1. The number of hydrogen-bond acceptors (Lipinski definition) is 4. The molecular weight excluding hydrogens is 180 g/mol. The second-order valence-corrected chi connectivity index (χ2v) is 2.93. The van der Waals surface area contributed by atoms with Gasteiger partial charge in [-0.2, -0.15) is 0 Å². The third kappa shape index (κ3) is 1.06. The highest BCUT2D eigenvalue weighted by Gasteiger charge is 2.10. The summed E-state index contributed by atoms with van der Waals surface area (Å²) in [6, 6.07) is 1.82. The zero-order chi connectivity index (χ0) is 10.1. The molecule has 0 fully saturated rings. The van der Waals surface area contributed by atoms with Crippen LogP contribution < -0.4 is 5.32 Å². The van der Waals surface area contributed by atoms with Crippen LogP contribution in [0.25, 0.3) is 11.2 Å². The molecule has 0 saturated carbocycles. The minimum Gasteiger partial charge on any atom is -0.386 e. The Morgan fingerprint density at radius 1 is 1.57 bits per heavy atom. The van der Waals surface area contributed by atoms with Crippen molar-refractivity contribution in [2.75, 3.05) is 12.4 Å². The van der Waals surface area contributed by atoms with Crippen LogP contribution in [0.3, 0.4) is 0 Å². The van der Waals surface area contributed by atoms with E-state index < -0.39 is 0 Å². The maximum absolute atomic E-state index is 10.7. The van der Waals surface area contributed by atoms with Gasteiger partial charge in [0.25, 0.3) is 0 Å². The lowest BCUT2D eigenvalue weighted by Gasteiger charge is -1.99. The lowest BCUT2D eigenvalue weighted by molar-refractivity contribution is 0.111. The van der Waals surface area contributed by atoms with E-state index in [1.807, 2.05) is 13.1 Å². The zero-order valence-corrected chi connectivity index (χ0v) is 7.98. The van der Waals surface area contributed by atoms with E-state index in [9.17, 15) is 4.79 Å². The van der Waals surface area contributed by atoms with E-state index in [1.165, 1.54) is 0 Å². The molecule has 0 aliphatic rings. The number of imidazole rings is 1. The summed E-state index contributed by atoms with van der Waals surface area (Å²) in [5, 5.41) is 3.00.